The van der Waals surface area contributed by atoms with E-state index in [1.807, 2.05) is 17.9 Å². The van der Waals surface area contributed by atoms with Crippen molar-refractivity contribution in [1.29, 1.82) is 5.26 Å². The Hall–Kier alpha value is -1.57. The Morgan fingerprint density at radius 3 is 2.90 bits per heavy atom. The highest BCUT2D eigenvalue weighted by Gasteiger charge is 2.47. The van der Waals surface area contributed by atoms with Crippen LogP contribution in [0.15, 0.2) is 12.1 Å². The molecule has 1 aromatic carbocycles. The van der Waals surface area contributed by atoms with Gasteiger partial charge in [0.05, 0.1) is 16.7 Å². The summed E-state index contributed by atoms with van der Waals surface area (Å²) in [5.41, 5.74) is 2.26. The normalized spacial score (nSPS) is 27.8. The number of hydrogen-bond acceptors (Lipinski definition) is 3. The molecule has 1 aromatic rings. The van der Waals surface area contributed by atoms with E-state index in [2.05, 4.69) is 6.07 Å². The number of benzene rings is 1. The molecule has 4 nitrogen and oxygen atoms in total. The fourth-order valence-corrected chi connectivity index (χ4v) is 3.74. The van der Waals surface area contributed by atoms with Gasteiger partial charge in [-0.3, -0.25) is 4.79 Å². The smallest absolute Gasteiger partial charge is 0.226 e. The van der Waals surface area contributed by atoms with Gasteiger partial charge in [-0.2, -0.15) is 5.26 Å². The van der Waals surface area contributed by atoms with Gasteiger partial charge in [0.25, 0.3) is 0 Å². The predicted molar refractivity (Wildman–Crippen MR) is 78.5 cm³/mol. The Bertz CT molecular complexity index is 638. The minimum absolute atomic E-state index is 0.0193. The molecule has 3 atom stereocenters. The van der Waals surface area contributed by atoms with Gasteiger partial charge in [-0.25, -0.2) is 0 Å². The van der Waals surface area contributed by atoms with Crippen LogP contribution in [0.1, 0.15) is 29.5 Å². The number of fused-ring (bicyclic) bond motifs is 1. The third kappa shape index (κ3) is 2.31. The number of nitriles is 1. The van der Waals surface area contributed by atoms with E-state index >= 15 is 0 Å². The van der Waals surface area contributed by atoms with Crippen LogP contribution in [-0.2, 0) is 11.3 Å². The number of rotatable bonds is 2. The number of likely N-dealkylation sites (tertiary alicyclic amines) is 1. The first-order chi connectivity index (χ1) is 10.0. The second-order valence-corrected chi connectivity index (χ2v) is 6.33. The maximum Gasteiger partial charge on any atom is 0.226 e. The van der Waals surface area contributed by atoms with Gasteiger partial charge in [0.2, 0.25) is 5.91 Å². The van der Waals surface area contributed by atoms with E-state index in [9.17, 15) is 9.90 Å². The molecule has 1 amide bonds. The monoisotopic (exact) mass is 304 g/mol. The van der Waals surface area contributed by atoms with Crippen molar-refractivity contribution >= 4 is 17.5 Å². The molecule has 0 bridgehead atoms. The van der Waals surface area contributed by atoms with Crippen LogP contribution in [0.2, 0.25) is 5.02 Å². The average molecular weight is 305 g/mol. The number of hydrogen-bond donors (Lipinski definition) is 1. The van der Waals surface area contributed by atoms with E-state index in [1.165, 1.54) is 0 Å². The third-order valence-electron chi connectivity index (χ3n) is 4.82. The number of aliphatic hydroxyl groups is 1. The van der Waals surface area contributed by atoms with Crippen molar-refractivity contribution in [3.8, 4) is 6.07 Å². The van der Waals surface area contributed by atoms with Crippen LogP contribution < -0.4 is 0 Å². The van der Waals surface area contributed by atoms with Crippen LogP contribution in [0.25, 0.3) is 0 Å². The van der Waals surface area contributed by atoms with Gasteiger partial charge in [0.15, 0.2) is 0 Å². The first kappa shape index (κ1) is 14.4. The lowest BCUT2D eigenvalue weighted by molar-refractivity contribution is -0.131. The van der Waals surface area contributed by atoms with Gasteiger partial charge in [-0.15, -0.1) is 0 Å². The first-order valence-corrected chi connectivity index (χ1v) is 7.55. The molecule has 5 heteroatoms. The zero-order valence-corrected chi connectivity index (χ0v) is 12.6. The van der Waals surface area contributed by atoms with Crippen LogP contribution in [-0.4, -0.2) is 28.6 Å². The maximum absolute atomic E-state index is 12.4. The van der Waals surface area contributed by atoms with Gasteiger partial charge >= 0.3 is 0 Å². The van der Waals surface area contributed by atoms with Gasteiger partial charge in [0, 0.05) is 24.9 Å². The average Bonchev–Trinajstić information content (AvgIpc) is 2.98. The summed E-state index contributed by atoms with van der Waals surface area (Å²) >= 11 is 6.17. The molecule has 1 aliphatic carbocycles. The highest BCUT2D eigenvalue weighted by atomic mass is 35.5. The Balaban J connectivity index is 1.81. The SMILES string of the molecule is Cc1c(CN2C[C@@H]3C(CC[C@@H]3O)C2=O)ccc(C#N)c1Cl. The highest BCUT2D eigenvalue weighted by molar-refractivity contribution is 6.32. The van der Waals surface area contributed by atoms with Crippen molar-refractivity contribution in [2.45, 2.75) is 32.4 Å². The molecule has 1 saturated heterocycles. The summed E-state index contributed by atoms with van der Waals surface area (Å²) in [6.07, 6.45) is 1.17. The summed E-state index contributed by atoms with van der Waals surface area (Å²) < 4.78 is 0. The number of amides is 1. The van der Waals surface area contributed by atoms with Crippen molar-refractivity contribution in [1.82, 2.24) is 4.90 Å². The van der Waals surface area contributed by atoms with Crippen molar-refractivity contribution in [3.63, 3.8) is 0 Å². The number of halogens is 1. The molecule has 110 valence electrons. The molecule has 1 heterocycles. The van der Waals surface area contributed by atoms with Crippen molar-refractivity contribution in [2.24, 2.45) is 11.8 Å². The number of aliphatic hydroxyl groups excluding tert-OH is 1. The molecule has 0 aromatic heterocycles. The fraction of sp³-hybridized carbons (Fsp3) is 0.500. The van der Waals surface area contributed by atoms with Gasteiger partial charge < -0.3 is 10.0 Å². The molecule has 0 radical (unpaired) electrons. The lowest BCUT2D eigenvalue weighted by atomic mass is 9.99. The molecule has 1 N–H and O–H groups in total. The predicted octanol–water partition coefficient (Wildman–Crippen LogP) is 2.25. The molecule has 2 fully saturated rings. The van der Waals surface area contributed by atoms with Gasteiger partial charge in [-0.1, -0.05) is 17.7 Å². The summed E-state index contributed by atoms with van der Waals surface area (Å²) in [5.74, 6) is 0.192. The van der Waals surface area contributed by atoms with Gasteiger partial charge in [0.1, 0.15) is 6.07 Å². The van der Waals surface area contributed by atoms with E-state index < -0.39 is 0 Å². The zero-order valence-electron chi connectivity index (χ0n) is 11.8. The molecule has 1 unspecified atom stereocenters. The maximum atomic E-state index is 12.4. The van der Waals surface area contributed by atoms with Crippen LogP contribution in [0, 0.1) is 30.1 Å². The molecule has 1 saturated carbocycles. The lowest BCUT2D eigenvalue weighted by Gasteiger charge is -2.20. The van der Waals surface area contributed by atoms with Crippen LogP contribution in [0.3, 0.4) is 0 Å². The Morgan fingerprint density at radius 1 is 1.48 bits per heavy atom. The van der Waals surface area contributed by atoms with E-state index in [4.69, 9.17) is 16.9 Å². The minimum Gasteiger partial charge on any atom is -0.393 e. The molecule has 2 aliphatic rings. The van der Waals surface area contributed by atoms with Gasteiger partial charge in [-0.05, 0) is 37.0 Å². The van der Waals surface area contributed by atoms with E-state index in [0.29, 0.717) is 23.7 Å². The second kappa shape index (κ2) is 5.32. The van der Waals surface area contributed by atoms with E-state index in [0.717, 1.165) is 24.0 Å². The van der Waals surface area contributed by atoms with E-state index in [-0.39, 0.29) is 23.8 Å². The molecule has 1 aliphatic heterocycles. The Morgan fingerprint density at radius 2 is 2.24 bits per heavy atom. The largest absolute Gasteiger partial charge is 0.393 e. The second-order valence-electron chi connectivity index (χ2n) is 5.96. The van der Waals surface area contributed by atoms with Crippen molar-refractivity contribution in [2.75, 3.05) is 6.54 Å². The summed E-state index contributed by atoms with van der Waals surface area (Å²) in [4.78, 5) is 14.2. The van der Waals surface area contributed by atoms with Crippen molar-refractivity contribution < 1.29 is 9.90 Å². The first-order valence-electron chi connectivity index (χ1n) is 7.18. The standard InChI is InChI=1S/C16H17ClN2O2/c1-9-11(3-2-10(6-18)15(9)17)7-19-8-13-12(16(19)21)4-5-14(13)20/h2-3,12-14,20H,4-5,7-8H2,1H3/t12?,13-,14+/m1/s1. The minimum atomic E-state index is -0.352. The molecule has 3 rings (SSSR count). The molecular formula is C16H17ClN2O2. The molecular weight excluding hydrogens is 288 g/mol. The Kier molecular flexibility index (Phi) is 3.64. The summed E-state index contributed by atoms with van der Waals surface area (Å²) in [5, 5.41) is 19.4. The number of carbonyl (C=O) groups excluding carboxylic acids is 1. The summed E-state index contributed by atoms with van der Waals surface area (Å²) in [7, 11) is 0. The Labute approximate surface area is 128 Å². The highest BCUT2D eigenvalue weighted by Crippen LogP contribution is 2.39. The van der Waals surface area contributed by atoms with Crippen LogP contribution in [0.5, 0.6) is 0 Å². The number of carbonyl (C=O) groups is 1. The summed E-state index contributed by atoms with van der Waals surface area (Å²) in [6.45, 7) is 2.98. The van der Waals surface area contributed by atoms with Crippen molar-refractivity contribution in [3.05, 3.63) is 33.8 Å². The van der Waals surface area contributed by atoms with E-state index in [1.54, 1.807) is 6.07 Å². The number of nitrogens with zero attached hydrogens (tertiary/aromatic N) is 2. The molecule has 0 spiro atoms. The fourth-order valence-electron chi connectivity index (χ4n) is 3.51. The quantitative estimate of drug-likeness (QED) is 0.911. The topological polar surface area (TPSA) is 64.3 Å². The lowest BCUT2D eigenvalue weighted by Crippen LogP contribution is -2.28. The molecule has 21 heavy (non-hydrogen) atoms. The van der Waals surface area contributed by atoms with Crippen LogP contribution >= 0.6 is 11.6 Å². The third-order valence-corrected chi connectivity index (χ3v) is 5.31. The summed E-state index contributed by atoms with van der Waals surface area (Å²) in [6, 6.07) is 5.61. The van der Waals surface area contributed by atoms with Crippen LogP contribution in [0.4, 0.5) is 0 Å². The zero-order chi connectivity index (χ0) is 15.1.